The summed E-state index contributed by atoms with van der Waals surface area (Å²) in [6.45, 7) is 0.118. The minimum atomic E-state index is -0.497. The Bertz CT molecular complexity index is 630. The first-order valence-electron chi connectivity index (χ1n) is 5.25. The summed E-state index contributed by atoms with van der Waals surface area (Å²) in [6, 6.07) is 5.05. The molecule has 1 heterocycles. The number of hydrogen-bond acceptors (Lipinski definition) is 5. The smallest absolute Gasteiger partial charge is 0.342 e. The number of halogens is 1. The van der Waals surface area contributed by atoms with Crippen molar-refractivity contribution in [1.29, 1.82) is 0 Å². The summed E-state index contributed by atoms with van der Waals surface area (Å²) in [7, 11) is 1.56. The Morgan fingerprint density at radius 1 is 1.58 bits per heavy atom. The lowest BCUT2D eigenvalue weighted by Crippen LogP contribution is -2.05. The fourth-order valence-corrected chi connectivity index (χ4v) is 1.78. The predicted octanol–water partition coefficient (Wildman–Crippen LogP) is 2.85. The SMILES string of the molecule is Cn1c([N+](=O)[O-])cnc1COc1ccc(S)c(Cl)c1. The minimum Gasteiger partial charge on any atom is -0.483 e. The van der Waals surface area contributed by atoms with Gasteiger partial charge in [-0.3, -0.25) is 0 Å². The standard InChI is InChI=1S/C11H10ClN3O3S/c1-14-10(13-5-11(14)15(16)17)6-18-7-2-3-9(19)8(12)4-7/h2-5,19H,6H2,1H3. The van der Waals surface area contributed by atoms with E-state index in [1.54, 1.807) is 25.2 Å². The van der Waals surface area contributed by atoms with Gasteiger partial charge in [0.2, 0.25) is 5.82 Å². The van der Waals surface area contributed by atoms with E-state index in [1.165, 1.54) is 10.8 Å². The third kappa shape index (κ3) is 2.99. The van der Waals surface area contributed by atoms with Crippen molar-refractivity contribution < 1.29 is 9.66 Å². The molecular weight excluding hydrogens is 290 g/mol. The van der Waals surface area contributed by atoms with E-state index in [9.17, 15) is 10.1 Å². The number of benzene rings is 1. The average Bonchev–Trinajstić information content (AvgIpc) is 2.72. The van der Waals surface area contributed by atoms with Gasteiger partial charge in [-0.15, -0.1) is 12.6 Å². The van der Waals surface area contributed by atoms with E-state index in [4.69, 9.17) is 16.3 Å². The first-order valence-corrected chi connectivity index (χ1v) is 6.08. The molecule has 0 saturated carbocycles. The van der Waals surface area contributed by atoms with Gasteiger partial charge in [0.1, 0.15) is 11.9 Å². The van der Waals surface area contributed by atoms with Crippen LogP contribution in [0, 0.1) is 10.1 Å². The largest absolute Gasteiger partial charge is 0.483 e. The molecule has 19 heavy (non-hydrogen) atoms. The van der Waals surface area contributed by atoms with Crippen molar-refractivity contribution in [3.63, 3.8) is 0 Å². The van der Waals surface area contributed by atoms with Gasteiger partial charge < -0.3 is 14.9 Å². The molecule has 0 bridgehead atoms. The summed E-state index contributed by atoms with van der Waals surface area (Å²) in [5, 5.41) is 11.1. The van der Waals surface area contributed by atoms with E-state index < -0.39 is 4.92 Å². The fraction of sp³-hybridized carbons (Fsp3) is 0.182. The van der Waals surface area contributed by atoms with Crippen LogP contribution in [-0.2, 0) is 13.7 Å². The number of aromatic nitrogens is 2. The zero-order chi connectivity index (χ0) is 14.0. The monoisotopic (exact) mass is 299 g/mol. The van der Waals surface area contributed by atoms with Crippen LogP contribution in [0.2, 0.25) is 5.02 Å². The lowest BCUT2D eigenvalue weighted by Gasteiger charge is -2.05. The molecule has 2 rings (SSSR count). The summed E-state index contributed by atoms with van der Waals surface area (Å²) in [4.78, 5) is 14.8. The maximum atomic E-state index is 10.7. The molecule has 0 radical (unpaired) electrons. The number of ether oxygens (including phenoxy) is 1. The molecule has 0 fully saturated rings. The lowest BCUT2D eigenvalue weighted by atomic mass is 10.3. The third-order valence-corrected chi connectivity index (χ3v) is 3.37. The van der Waals surface area contributed by atoms with E-state index in [1.807, 2.05) is 0 Å². The van der Waals surface area contributed by atoms with E-state index >= 15 is 0 Å². The van der Waals surface area contributed by atoms with Crippen LogP contribution < -0.4 is 4.74 Å². The second-order valence-corrected chi connectivity index (χ2v) is 4.64. The van der Waals surface area contributed by atoms with E-state index in [0.29, 0.717) is 21.5 Å². The Balaban J connectivity index is 2.10. The van der Waals surface area contributed by atoms with Crippen LogP contribution in [0.3, 0.4) is 0 Å². The molecule has 0 amide bonds. The fourth-order valence-electron chi connectivity index (χ4n) is 1.47. The first-order chi connectivity index (χ1) is 8.99. The minimum absolute atomic E-state index is 0.0812. The van der Waals surface area contributed by atoms with E-state index in [2.05, 4.69) is 17.6 Å². The Morgan fingerprint density at radius 3 is 2.89 bits per heavy atom. The summed E-state index contributed by atoms with van der Waals surface area (Å²) in [5.74, 6) is 0.925. The third-order valence-electron chi connectivity index (χ3n) is 2.53. The van der Waals surface area contributed by atoms with E-state index in [0.717, 1.165) is 0 Å². The summed E-state index contributed by atoms with van der Waals surface area (Å²) in [6.07, 6.45) is 1.20. The molecule has 0 aliphatic rings. The molecular formula is C11H10ClN3O3S. The maximum Gasteiger partial charge on any atom is 0.342 e. The van der Waals surface area contributed by atoms with Gasteiger partial charge in [0.25, 0.3) is 0 Å². The average molecular weight is 300 g/mol. The molecule has 0 unspecified atom stereocenters. The zero-order valence-corrected chi connectivity index (χ0v) is 11.6. The highest BCUT2D eigenvalue weighted by atomic mass is 35.5. The Labute approximate surface area is 119 Å². The molecule has 0 aliphatic heterocycles. The van der Waals surface area contributed by atoms with Gasteiger partial charge in [-0.1, -0.05) is 11.6 Å². The number of nitro groups is 1. The number of rotatable bonds is 4. The van der Waals surface area contributed by atoms with Gasteiger partial charge in [0.15, 0.2) is 6.61 Å². The Kier molecular flexibility index (Phi) is 3.96. The molecule has 1 aromatic carbocycles. The van der Waals surface area contributed by atoms with Crippen LogP contribution >= 0.6 is 24.2 Å². The van der Waals surface area contributed by atoms with Crippen molar-refractivity contribution >= 4 is 30.0 Å². The van der Waals surface area contributed by atoms with Crippen LogP contribution in [0.1, 0.15) is 5.82 Å². The van der Waals surface area contributed by atoms with Crippen LogP contribution in [0.4, 0.5) is 5.82 Å². The predicted molar refractivity (Wildman–Crippen MR) is 72.9 cm³/mol. The molecule has 1 aromatic heterocycles. The van der Waals surface area contributed by atoms with Crippen molar-refractivity contribution in [3.8, 4) is 5.75 Å². The first kappa shape index (κ1) is 13.7. The summed E-state index contributed by atoms with van der Waals surface area (Å²) >= 11 is 10.1. The quantitative estimate of drug-likeness (QED) is 0.535. The van der Waals surface area contributed by atoms with Gasteiger partial charge in [-0.25, -0.2) is 9.55 Å². The number of nitrogens with zero attached hydrogens (tertiary/aromatic N) is 3. The summed E-state index contributed by atoms with van der Waals surface area (Å²) in [5.41, 5.74) is 0. The molecule has 100 valence electrons. The van der Waals surface area contributed by atoms with Crippen molar-refractivity contribution in [2.45, 2.75) is 11.5 Å². The summed E-state index contributed by atoms with van der Waals surface area (Å²) < 4.78 is 6.85. The molecule has 0 atom stereocenters. The highest BCUT2D eigenvalue weighted by molar-refractivity contribution is 7.80. The van der Waals surface area contributed by atoms with Crippen molar-refractivity contribution in [2.75, 3.05) is 0 Å². The highest BCUT2D eigenvalue weighted by Crippen LogP contribution is 2.25. The number of thiol groups is 1. The van der Waals surface area contributed by atoms with Crippen LogP contribution in [-0.4, -0.2) is 14.5 Å². The second-order valence-electron chi connectivity index (χ2n) is 3.75. The van der Waals surface area contributed by atoms with Gasteiger partial charge in [-0.05, 0) is 23.1 Å². The van der Waals surface area contributed by atoms with Crippen LogP contribution in [0.5, 0.6) is 5.75 Å². The second kappa shape index (κ2) is 5.50. The van der Waals surface area contributed by atoms with Crippen LogP contribution in [0.15, 0.2) is 29.3 Å². The molecule has 0 spiro atoms. The number of imidazole rings is 1. The Morgan fingerprint density at radius 2 is 2.32 bits per heavy atom. The van der Waals surface area contributed by atoms with Gasteiger partial charge in [0, 0.05) is 4.90 Å². The van der Waals surface area contributed by atoms with Crippen molar-refractivity contribution in [3.05, 3.63) is 45.4 Å². The molecule has 6 nitrogen and oxygen atoms in total. The molecule has 0 saturated heterocycles. The lowest BCUT2D eigenvalue weighted by molar-refractivity contribution is -0.391. The normalized spacial score (nSPS) is 10.5. The van der Waals surface area contributed by atoms with Gasteiger partial charge in [-0.2, -0.15) is 0 Å². The van der Waals surface area contributed by atoms with E-state index in [-0.39, 0.29) is 12.4 Å². The van der Waals surface area contributed by atoms with Crippen molar-refractivity contribution in [1.82, 2.24) is 9.55 Å². The maximum absolute atomic E-state index is 10.7. The van der Waals surface area contributed by atoms with Gasteiger partial charge in [0.05, 0.1) is 12.1 Å². The Hall–Kier alpha value is -1.73. The van der Waals surface area contributed by atoms with Gasteiger partial charge >= 0.3 is 5.82 Å². The molecule has 2 aromatic rings. The van der Waals surface area contributed by atoms with Crippen molar-refractivity contribution in [2.24, 2.45) is 7.05 Å². The molecule has 8 heteroatoms. The van der Waals surface area contributed by atoms with Crippen LogP contribution in [0.25, 0.3) is 0 Å². The molecule has 0 aliphatic carbocycles. The molecule has 0 N–H and O–H groups in total. The number of hydrogen-bond donors (Lipinski definition) is 1. The topological polar surface area (TPSA) is 70.2 Å². The highest BCUT2D eigenvalue weighted by Gasteiger charge is 2.16. The zero-order valence-electron chi connectivity index (χ0n) is 9.91.